The highest BCUT2D eigenvalue weighted by Crippen LogP contribution is 2.31. The molecule has 0 saturated carbocycles. The molecule has 0 spiro atoms. The lowest BCUT2D eigenvalue weighted by atomic mass is 9.90. The first-order valence-corrected chi connectivity index (χ1v) is 7.53. The van der Waals surface area contributed by atoms with Crippen LogP contribution in [-0.2, 0) is 0 Å². The van der Waals surface area contributed by atoms with Crippen molar-refractivity contribution in [3.05, 3.63) is 29.3 Å². The summed E-state index contributed by atoms with van der Waals surface area (Å²) in [5.41, 5.74) is -0.427. The molecule has 1 heterocycles. The molecule has 0 radical (unpaired) electrons. The molecule has 3 nitrogen and oxygen atoms in total. The fourth-order valence-electron chi connectivity index (χ4n) is 2.69. The second-order valence-electron chi connectivity index (χ2n) is 6.50. The first kappa shape index (κ1) is 15.6. The minimum absolute atomic E-state index is 0.157. The summed E-state index contributed by atoms with van der Waals surface area (Å²) >= 11 is 5.90. The van der Waals surface area contributed by atoms with Crippen molar-refractivity contribution >= 4 is 11.6 Å². The summed E-state index contributed by atoms with van der Waals surface area (Å²) in [6.45, 7) is 8.27. The van der Waals surface area contributed by atoms with Gasteiger partial charge in [0.2, 0.25) is 0 Å². The van der Waals surface area contributed by atoms with Crippen LogP contribution in [0.15, 0.2) is 24.3 Å². The van der Waals surface area contributed by atoms with Gasteiger partial charge in [0.05, 0.1) is 6.61 Å². The number of aliphatic hydroxyl groups excluding tert-OH is 1. The maximum Gasteiger partial charge on any atom is 0.120 e. The zero-order chi connectivity index (χ0) is 14.8. The van der Waals surface area contributed by atoms with Crippen molar-refractivity contribution in [2.75, 3.05) is 19.7 Å². The molecule has 1 fully saturated rings. The Morgan fingerprint density at radius 1 is 1.35 bits per heavy atom. The first-order valence-electron chi connectivity index (χ1n) is 7.15. The Kier molecular flexibility index (Phi) is 4.62. The van der Waals surface area contributed by atoms with Gasteiger partial charge < -0.3 is 9.84 Å². The molecule has 2 rings (SSSR count). The largest absolute Gasteiger partial charge is 0.486 e. The minimum atomic E-state index is -0.224. The fraction of sp³-hybridized carbons (Fsp3) is 0.625. The summed E-state index contributed by atoms with van der Waals surface area (Å²) in [6.07, 6.45) is 2.10. The Labute approximate surface area is 126 Å². The van der Waals surface area contributed by atoms with Crippen molar-refractivity contribution in [1.29, 1.82) is 0 Å². The van der Waals surface area contributed by atoms with E-state index < -0.39 is 0 Å². The Morgan fingerprint density at radius 2 is 2.00 bits per heavy atom. The zero-order valence-electron chi connectivity index (χ0n) is 12.5. The molecule has 112 valence electrons. The van der Waals surface area contributed by atoms with E-state index >= 15 is 0 Å². The van der Waals surface area contributed by atoms with E-state index in [-0.39, 0.29) is 17.7 Å². The van der Waals surface area contributed by atoms with Crippen LogP contribution >= 0.6 is 11.6 Å². The number of halogens is 1. The molecule has 1 saturated heterocycles. The Bertz CT molecular complexity index is 446. The molecule has 1 aliphatic rings. The summed E-state index contributed by atoms with van der Waals surface area (Å²) in [7, 11) is 0. The number of rotatable bonds is 4. The van der Waals surface area contributed by atoms with Crippen LogP contribution in [0.2, 0.25) is 5.02 Å². The summed E-state index contributed by atoms with van der Waals surface area (Å²) in [6, 6.07) is 7.50. The van der Waals surface area contributed by atoms with Gasteiger partial charge in [-0.3, -0.25) is 4.90 Å². The topological polar surface area (TPSA) is 32.7 Å². The van der Waals surface area contributed by atoms with E-state index in [0.717, 1.165) is 31.7 Å². The van der Waals surface area contributed by atoms with Gasteiger partial charge in [-0.2, -0.15) is 0 Å². The summed E-state index contributed by atoms with van der Waals surface area (Å²) in [4.78, 5) is 2.31. The van der Waals surface area contributed by atoms with Crippen LogP contribution < -0.4 is 4.74 Å². The van der Waals surface area contributed by atoms with E-state index in [4.69, 9.17) is 16.3 Å². The van der Waals surface area contributed by atoms with Crippen molar-refractivity contribution in [3.8, 4) is 5.75 Å². The third-order valence-electron chi connectivity index (χ3n) is 4.08. The van der Waals surface area contributed by atoms with E-state index in [2.05, 4.69) is 25.7 Å². The molecule has 0 aromatic heterocycles. The lowest BCUT2D eigenvalue weighted by molar-refractivity contribution is -0.0469. The van der Waals surface area contributed by atoms with Gasteiger partial charge in [0.25, 0.3) is 0 Å². The summed E-state index contributed by atoms with van der Waals surface area (Å²) < 4.78 is 6.19. The lowest BCUT2D eigenvalue weighted by Crippen LogP contribution is -2.58. The molecule has 0 amide bonds. The summed E-state index contributed by atoms with van der Waals surface area (Å²) in [5, 5.41) is 10.3. The number of hydrogen-bond acceptors (Lipinski definition) is 3. The van der Waals surface area contributed by atoms with Gasteiger partial charge in [0, 0.05) is 17.1 Å². The van der Waals surface area contributed by atoms with E-state index in [1.165, 1.54) is 0 Å². The molecule has 4 heteroatoms. The number of aliphatic hydroxyl groups is 1. The quantitative estimate of drug-likeness (QED) is 0.925. The molecule has 20 heavy (non-hydrogen) atoms. The van der Waals surface area contributed by atoms with Gasteiger partial charge in [-0.25, -0.2) is 0 Å². The number of benzene rings is 1. The van der Waals surface area contributed by atoms with Crippen LogP contribution in [0, 0.1) is 0 Å². The zero-order valence-corrected chi connectivity index (χ0v) is 13.3. The fourth-order valence-corrected chi connectivity index (χ4v) is 2.82. The Hall–Kier alpha value is -0.770. The maximum absolute atomic E-state index is 9.54. The smallest absolute Gasteiger partial charge is 0.120 e. The molecule has 1 aromatic rings. The SMILES string of the molecule is CC1(Oc2ccc(Cl)cc2)CCCN(C(C)(C)CO)C1. The van der Waals surface area contributed by atoms with Gasteiger partial charge >= 0.3 is 0 Å². The van der Waals surface area contributed by atoms with Crippen LogP contribution in [0.25, 0.3) is 0 Å². The highest BCUT2D eigenvalue weighted by atomic mass is 35.5. The third kappa shape index (κ3) is 3.66. The summed E-state index contributed by atoms with van der Waals surface area (Å²) in [5.74, 6) is 0.848. The lowest BCUT2D eigenvalue weighted by Gasteiger charge is -2.47. The van der Waals surface area contributed by atoms with Crippen molar-refractivity contribution in [1.82, 2.24) is 4.90 Å². The first-order chi connectivity index (χ1) is 9.35. The monoisotopic (exact) mass is 297 g/mol. The van der Waals surface area contributed by atoms with E-state index in [1.54, 1.807) is 0 Å². The molecule has 0 bridgehead atoms. The van der Waals surface area contributed by atoms with Crippen molar-refractivity contribution in [2.45, 2.75) is 44.8 Å². The predicted octanol–water partition coefficient (Wildman–Crippen LogP) is 3.34. The van der Waals surface area contributed by atoms with Gasteiger partial charge in [-0.15, -0.1) is 0 Å². The van der Waals surface area contributed by atoms with Crippen molar-refractivity contribution in [3.63, 3.8) is 0 Å². The van der Waals surface area contributed by atoms with Gasteiger partial charge in [-0.1, -0.05) is 11.6 Å². The molecule has 0 aliphatic carbocycles. The molecule has 1 aromatic carbocycles. The normalized spacial score (nSPS) is 24.6. The average molecular weight is 298 g/mol. The Morgan fingerprint density at radius 3 is 2.60 bits per heavy atom. The van der Waals surface area contributed by atoms with Gasteiger partial charge in [-0.05, 0) is 64.4 Å². The number of likely N-dealkylation sites (tertiary alicyclic amines) is 1. The molecule has 1 atom stereocenters. The standard InChI is InChI=1S/C16H24ClNO2/c1-15(2,12-19)18-10-4-9-16(3,11-18)20-14-7-5-13(17)6-8-14/h5-8,19H,4,9-12H2,1-3H3. The van der Waals surface area contributed by atoms with Crippen molar-refractivity contribution in [2.24, 2.45) is 0 Å². The number of piperidine rings is 1. The van der Waals surface area contributed by atoms with Gasteiger partial charge in [0.15, 0.2) is 0 Å². The van der Waals surface area contributed by atoms with Crippen LogP contribution in [0.4, 0.5) is 0 Å². The average Bonchev–Trinajstić information content (AvgIpc) is 2.41. The Balaban J connectivity index is 2.08. The highest BCUT2D eigenvalue weighted by Gasteiger charge is 2.38. The number of hydrogen-bond donors (Lipinski definition) is 1. The molecule has 1 N–H and O–H groups in total. The van der Waals surface area contributed by atoms with E-state index in [0.29, 0.717) is 5.02 Å². The second-order valence-corrected chi connectivity index (χ2v) is 6.94. The van der Waals surface area contributed by atoms with Crippen LogP contribution in [-0.4, -0.2) is 40.8 Å². The second kappa shape index (κ2) is 5.92. The molecule has 1 unspecified atom stereocenters. The van der Waals surface area contributed by atoms with E-state index in [9.17, 15) is 5.11 Å². The van der Waals surface area contributed by atoms with Gasteiger partial charge in [0.1, 0.15) is 11.4 Å². The molecular weight excluding hydrogens is 274 g/mol. The van der Waals surface area contributed by atoms with Crippen LogP contribution in [0.5, 0.6) is 5.75 Å². The van der Waals surface area contributed by atoms with E-state index in [1.807, 2.05) is 24.3 Å². The predicted molar refractivity (Wildman–Crippen MR) is 82.5 cm³/mol. The molecule has 1 aliphatic heterocycles. The third-order valence-corrected chi connectivity index (χ3v) is 4.33. The van der Waals surface area contributed by atoms with Crippen LogP contribution in [0.1, 0.15) is 33.6 Å². The maximum atomic E-state index is 9.54. The minimum Gasteiger partial charge on any atom is -0.486 e. The highest BCUT2D eigenvalue weighted by molar-refractivity contribution is 6.30. The van der Waals surface area contributed by atoms with Crippen molar-refractivity contribution < 1.29 is 9.84 Å². The molecular formula is C16H24ClNO2. The number of ether oxygens (including phenoxy) is 1. The van der Waals surface area contributed by atoms with Crippen LogP contribution in [0.3, 0.4) is 0 Å². The number of nitrogens with zero attached hydrogens (tertiary/aromatic N) is 1.